The molecule has 1 atom stereocenters. The monoisotopic (exact) mass is 249 g/mol. The van der Waals surface area contributed by atoms with E-state index in [1.807, 2.05) is 0 Å². The topological polar surface area (TPSA) is 57.6 Å². The second-order valence-corrected chi connectivity index (χ2v) is 3.74. The van der Waals surface area contributed by atoms with Gasteiger partial charge < -0.3 is 10.0 Å². The number of carboxylic acid groups (broad SMARTS) is 1. The smallest absolute Gasteiger partial charge is 0.406 e. The summed E-state index contributed by atoms with van der Waals surface area (Å²) in [5.41, 5.74) is -2.86. The molecular formula is C10H10F3NO3. The van der Waals surface area contributed by atoms with E-state index in [0.717, 1.165) is 4.90 Å². The summed E-state index contributed by atoms with van der Waals surface area (Å²) in [6, 6.07) is 0. The van der Waals surface area contributed by atoms with Crippen LogP contribution in [-0.2, 0) is 9.59 Å². The summed E-state index contributed by atoms with van der Waals surface area (Å²) in [5.74, 6) is 1.63. The van der Waals surface area contributed by atoms with E-state index in [2.05, 4.69) is 11.8 Å². The van der Waals surface area contributed by atoms with Crippen molar-refractivity contribution in [3.8, 4) is 11.8 Å². The molecule has 94 valence electrons. The van der Waals surface area contributed by atoms with Crippen LogP contribution in [0, 0.1) is 17.3 Å². The highest BCUT2D eigenvalue weighted by atomic mass is 19.4. The minimum atomic E-state index is -4.88. The number of rotatable bonds is 1. The third-order valence-corrected chi connectivity index (χ3v) is 2.74. The first-order chi connectivity index (χ1) is 7.74. The summed E-state index contributed by atoms with van der Waals surface area (Å²) in [5, 5.41) is 8.73. The Morgan fingerprint density at radius 2 is 2.00 bits per heavy atom. The zero-order valence-electron chi connectivity index (χ0n) is 8.97. The van der Waals surface area contributed by atoms with Crippen LogP contribution < -0.4 is 0 Å². The van der Waals surface area contributed by atoms with Crippen LogP contribution in [0.5, 0.6) is 0 Å². The Labute approximate surface area is 95.4 Å². The number of aliphatic carboxylic acids is 1. The molecule has 0 radical (unpaired) electrons. The van der Waals surface area contributed by atoms with Gasteiger partial charge in [0, 0.05) is 13.1 Å². The number of carbonyl (C=O) groups excluding carboxylic acids is 1. The fourth-order valence-electron chi connectivity index (χ4n) is 1.70. The fourth-order valence-corrected chi connectivity index (χ4v) is 1.70. The van der Waals surface area contributed by atoms with E-state index in [1.165, 1.54) is 6.92 Å². The van der Waals surface area contributed by atoms with E-state index in [1.54, 1.807) is 0 Å². The van der Waals surface area contributed by atoms with E-state index in [-0.39, 0.29) is 6.54 Å². The third-order valence-electron chi connectivity index (χ3n) is 2.74. The number of hydrogen-bond acceptors (Lipinski definition) is 2. The molecule has 1 N–H and O–H groups in total. The van der Waals surface area contributed by atoms with Gasteiger partial charge in [-0.05, 0) is 19.3 Å². The molecule has 0 aromatic heterocycles. The van der Waals surface area contributed by atoms with Crippen molar-refractivity contribution in [1.29, 1.82) is 0 Å². The zero-order valence-corrected chi connectivity index (χ0v) is 8.97. The SMILES string of the molecule is CC#CC(=O)N1CCC(C(=O)O)(C(F)(F)F)C1. The summed E-state index contributed by atoms with van der Waals surface area (Å²) in [4.78, 5) is 22.9. The summed E-state index contributed by atoms with van der Waals surface area (Å²) in [7, 11) is 0. The second kappa shape index (κ2) is 4.28. The molecule has 0 aliphatic carbocycles. The minimum absolute atomic E-state index is 0.251. The van der Waals surface area contributed by atoms with Gasteiger partial charge in [-0.25, -0.2) is 0 Å². The van der Waals surface area contributed by atoms with Gasteiger partial charge >= 0.3 is 12.1 Å². The Morgan fingerprint density at radius 3 is 2.35 bits per heavy atom. The van der Waals surface area contributed by atoms with Crippen LogP contribution in [0.4, 0.5) is 13.2 Å². The molecule has 0 aromatic carbocycles. The van der Waals surface area contributed by atoms with Crippen LogP contribution in [0.25, 0.3) is 0 Å². The molecular weight excluding hydrogens is 239 g/mol. The number of amides is 1. The normalized spacial score (nSPS) is 24.1. The van der Waals surface area contributed by atoms with Crippen LogP contribution >= 0.6 is 0 Å². The maximum Gasteiger partial charge on any atom is 0.406 e. The maximum absolute atomic E-state index is 12.7. The summed E-state index contributed by atoms with van der Waals surface area (Å²) in [6.07, 6.45) is -5.52. The maximum atomic E-state index is 12.7. The van der Waals surface area contributed by atoms with Crippen molar-refractivity contribution in [2.24, 2.45) is 5.41 Å². The largest absolute Gasteiger partial charge is 0.481 e. The standard InChI is InChI=1S/C10H10F3NO3/c1-2-3-7(15)14-5-4-9(6-14,8(16)17)10(11,12)13/h4-6H2,1H3,(H,16,17). The first-order valence-electron chi connectivity index (χ1n) is 4.76. The van der Waals surface area contributed by atoms with Crippen molar-refractivity contribution in [1.82, 2.24) is 4.90 Å². The highest BCUT2D eigenvalue weighted by molar-refractivity contribution is 5.94. The van der Waals surface area contributed by atoms with Crippen molar-refractivity contribution < 1.29 is 27.9 Å². The predicted octanol–water partition coefficient (Wildman–Crippen LogP) is 0.875. The van der Waals surface area contributed by atoms with Gasteiger partial charge in [0.05, 0.1) is 0 Å². The Morgan fingerprint density at radius 1 is 1.41 bits per heavy atom. The molecule has 1 rings (SSSR count). The first-order valence-corrected chi connectivity index (χ1v) is 4.76. The van der Waals surface area contributed by atoms with Crippen molar-refractivity contribution in [2.75, 3.05) is 13.1 Å². The average molecular weight is 249 g/mol. The van der Waals surface area contributed by atoms with Crippen LogP contribution in [0.15, 0.2) is 0 Å². The lowest BCUT2D eigenvalue weighted by atomic mass is 9.86. The number of carboxylic acids is 1. The molecule has 1 amide bonds. The zero-order chi connectivity index (χ0) is 13.3. The van der Waals surface area contributed by atoms with E-state index in [4.69, 9.17) is 5.11 Å². The molecule has 1 fully saturated rings. The van der Waals surface area contributed by atoms with Gasteiger partial charge in [-0.15, -0.1) is 0 Å². The Hall–Kier alpha value is -1.71. The summed E-state index contributed by atoms with van der Waals surface area (Å²) in [6.45, 7) is 0.251. The first kappa shape index (κ1) is 13.4. The summed E-state index contributed by atoms with van der Waals surface area (Å²) < 4.78 is 38.2. The quantitative estimate of drug-likeness (QED) is 0.702. The van der Waals surface area contributed by atoms with Gasteiger partial charge in [0.15, 0.2) is 5.41 Å². The van der Waals surface area contributed by atoms with E-state index in [0.29, 0.717) is 0 Å². The molecule has 1 aliphatic rings. The molecule has 17 heavy (non-hydrogen) atoms. The van der Waals surface area contributed by atoms with E-state index >= 15 is 0 Å². The lowest BCUT2D eigenvalue weighted by Crippen LogP contribution is -2.47. The van der Waals surface area contributed by atoms with Gasteiger partial charge in [0.25, 0.3) is 5.91 Å². The van der Waals surface area contributed by atoms with E-state index < -0.39 is 36.4 Å². The Bertz CT molecular complexity index is 407. The van der Waals surface area contributed by atoms with Crippen molar-refractivity contribution in [2.45, 2.75) is 19.5 Å². The van der Waals surface area contributed by atoms with Gasteiger partial charge in [0.2, 0.25) is 0 Å². The predicted molar refractivity (Wildman–Crippen MR) is 50.8 cm³/mol. The van der Waals surface area contributed by atoms with Gasteiger partial charge in [0.1, 0.15) is 0 Å². The minimum Gasteiger partial charge on any atom is -0.481 e. The van der Waals surface area contributed by atoms with Gasteiger partial charge in [-0.1, -0.05) is 5.92 Å². The molecule has 1 unspecified atom stereocenters. The molecule has 7 heteroatoms. The lowest BCUT2D eigenvalue weighted by molar-refractivity contribution is -0.227. The van der Waals surface area contributed by atoms with Crippen molar-refractivity contribution >= 4 is 11.9 Å². The molecule has 0 saturated carbocycles. The van der Waals surface area contributed by atoms with Gasteiger partial charge in [-0.2, -0.15) is 13.2 Å². The molecule has 1 heterocycles. The van der Waals surface area contributed by atoms with Gasteiger partial charge in [-0.3, -0.25) is 9.59 Å². The number of carbonyl (C=O) groups is 2. The molecule has 0 aromatic rings. The molecule has 4 nitrogen and oxygen atoms in total. The van der Waals surface area contributed by atoms with Crippen LogP contribution in [0.1, 0.15) is 13.3 Å². The Kier molecular flexibility index (Phi) is 3.36. The number of halogens is 3. The Balaban J connectivity index is 2.97. The lowest BCUT2D eigenvalue weighted by Gasteiger charge is -2.26. The number of alkyl halides is 3. The second-order valence-electron chi connectivity index (χ2n) is 3.74. The number of hydrogen-bond donors (Lipinski definition) is 1. The average Bonchev–Trinajstić information content (AvgIpc) is 2.62. The molecule has 1 aliphatic heterocycles. The van der Waals surface area contributed by atoms with Crippen molar-refractivity contribution in [3.63, 3.8) is 0 Å². The molecule has 0 spiro atoms. The van der Waals surface area contributed by atoms with Crippen LogP contribution in [-0.4, -0.2) is 41.1 Å². The fraction of sp³-hybridized carbons (Fsp3) is 0.600. The summed E-state index contributed by atoms with van der Waals surface area (Å²) >= 11 is 0. The van der Waals surface area contributed by atoms with E-state index in [9.17, 15) is 22.8 Å². The number of likely N-dealkylation sites (tertiary alicyclic amines) is 1. The van der Waals surface area contributed by atoms with Crippen molar-refractivity contribution in [3.05, 3.63) is 0 Å². The van der Waals surface area contributed by atoms with Crippen LogP contribution in [0.3, 0.4) is 0 Å². The van der Waals surface area contributed by atoms with Crippen LogP contribution in [0.2, 0.25) is 0 Å². The molecule has 0 bridgehead atoms. The highest BCUT2D eigenvalue weighted by Crippen LogP contribution is 2.45. The number of nitrogens with zero attached hydrogens (tertiary/aromatic N) is 1. The molecule has 1 saturated heterocycles. The highest BCUT2D eigenvalue weighted by Gasteiger charge is 2.64. The third kappa shape index (κ3) is 2.20.